The van der Waals surface area contributed by atoms with Crippen molar-refractivity contribution in [2.45, 2.75) is 13.3 Å². The highest BCUT2D eigenvalue weighted by Gasteiger charge is 2.11. The minimum atomic E-state index is -0.272. The molecule has 2 aromatic rings. The number of aryl methyl sites for hydroxylation is 1. The second kappa shape index (κ2) is 8.59. The van der Waals surface area contributed by atoms with Gasteiger partial charge in [0.2, 0.25) is 0 Å². The predicted molar refractivity (Wildman–Crippen MR) is 97.2 cm³/mol. The lowest BCUT2D eigenvalue weighted by molar-refractivity contribution is -0.118. The average molecular weight is 394 g/mol. The average Bonchev–Trinajstić information content (AvgIpc) is 2.60. The number of hydrogen-bond acceptors (Lipinski definition) is 4. The van der Waals surface area contributed by atoms with Gasteiger partial charge in [-0.15, -0.1) is 0 Å². The van der Waals surface area contributed by atoms with Crippen LogP contribution in [0.15, 0.2) is 40.9 Å². The summed E-state index contributed by atoms with van der Waals surface area (Å²) in [6.07, 6.45) is 0.820. The van der Waals surface area contributed by atoms with Crippen LogP contribution in [0.3, 0.4) is 0 Å². The molecule has 0 saturated carbocycles. The zero-order valence-corrected chi connectivity index (χ0v) is 15.5. The maximum absolute atomic E-state index is 12.2. The Hall–Kier alpha value is -2.21. The third-order valence-corrected chi connectivity index (χ3v) is 3.94. The van der Waals surface area contributed by atoms with Crippen LogP contribution < -0.4 is 19.5 Å². The summed E-state index contributed by atoms with van der Waals surface area (Å²) < 4.78 is 17.0. The molecule has 2 aromatic carbocycles. The van der Waals surface area contributed by atoms with E-state index in [-0.39, 0.29) is 12.5 Å². The first kappa shape index (κ1) is 18.1. The third kappa shape index (κ3) is 4.64. The summed E-state index contributed by atoms with van der Waals surface area (Å²) in [6, 6.07) is 10.9. The number of benzene rings is 2. The van der Waals surface area contributed by atoms with Gasteiger partial charge in [-0.3, -0.25) is 4.79 Å². The van der Waals surface area contributed by atoms with Gasteiger partial charge in [-0.1, -0.05) is 22.9 Å². The van der Waals surface area contributed by atoms with E-state index in [0.29, 0.717) is 22.9 Å². The van der Waals surface area contributed by atoms with Crippen LogP contribution in [0, 0.1) is 0 Å². The van der Waals surface area contributed by atoms with E-state index in [4.69, 9.17) is 14.2 Å². The third-order valence-electron chi connectivity index (χ3n) is 3.44. The Morgan fingerprint density at radius 3 is 2.50 bits per heavy atom. The van der Waals surface area contributed by atoms with Crippen molar-refractivity contribution in [3.05, 3.63) is 46.4 Å². The lowest BCUT2D eigenvalue weighted by Crippen LogP contribution is -2.21. The van der Waals surface area contributed by atoms with E-state index < -0.39 is 0 Å². The van der Waals surface area contributed by atoms with Crippen molar-refractivity contribution in [3.63, 3.8) is 0 Å². The molecule has 0 spiro atoms. The van der Waals surface area contributed by atoms with Crippen LogP contribution in [-0.2, 0) is 11.2 Å². The first-order valence-electron chi connectivity index (χ1n) is 7.50. The van der Waals surface area contributed by atoms with Gasteiger partial charge in [-0.05, 0) is 42.3 Å². The maximum atomic E-state index is 12.2. The minimum absolute atomic E-state index is 0.0883. The highest BCUT2D eigenvalue weighted by atomic mass is 79.9. The number of methoxy groups -OCH3 is 2. The highest BCUT2D eigenvalue weighted by molar-refractivity contribution is 9.10. The molecule has 5 nitrogen and oxygen atoms in total. The van der Waals surface area contributed by atoms with Crippen molar-refractivity contribution in [2.24, 2.45) is 0 Å². The Morgan fingerprint density at radius 2 is 1.83 bits per heavy atom. The summed E-state index contributed by atoms with van der Waals surface area (Å²) in [5.74, 6) is 1.62. The van der Waals surface area contributed by atoms with Gasteiger partial charge in [-0.25, -0.2) is 0 Å². The number of amides is 1. The molecule has 0 saturated heterocycles. The van der Waals surface area contributed by atoms with Gasteiger partial charge in [0.1, 0.15) is 17.2 Å². The van der Waals surface area contributed by atoms with E-state index >= 15 is 0 Å². The molecule has 0 fully saturated rings. The summed E-state index contributed by atoms with van der Waals surface area (Å²) in [5.41, 5.74) is 1.58. The van der Waals surface area contributed by atoms with Crippen molar-refractivity contribution in [2.75, 3.05) is 26.1 Å². The molecular formula is C18H20BrNO4. The first-order valence-corrected chi connectivity index (χ1v) is 8.29. The Balaban J connectivity index is 2.04. The van der Waals surface area contributed by atoms with Crippen LogP contribution in [0.25, 0.3) is 0 Å². The number of rotatable bonds is 7. The normalized spacial score (nSPS) is 10.2. The van der Waals surface area contributed by atoms with E-state index in [0.717, 1.165) is 16.5 Å². The smallest absolute Gasteiger partial charge is 0.262 e. The maximum Gasteiger partial charge on any atom is 0.262 e. The number of anilines is 1. The lowest BCUT2D eigenvalue weighted by Gasteiger charge is -2.13. The molecule has 0 aliphatic rings. The molecule has 1 amide bonds. The van der Waals surface area contributed by atoms with Crippen LogP contribution in [-0.4, -0.2) is 26.7 Å². The fourth-order valence-corrected chi connectivity index (χ4v) is 2.61. The van der Waals surface area contributed by atoms with E-state index in [1.165, 1.54) is 0 Å². The van der Waals surface area contributed by atoms with Gasteiger partial charge in [0.05, 0.1) is 19.9 Å². The lowest BCUT2D eigenvalue weighted by atomic mass is 10.1. The van der Waals surface area contributed by atoms with Gasteiger partial charge in [0, 0.05) is 10.5 Å². The van der Waals surface area contributed by atoms with Crippen molar-refractivity contribution < 1.29 is 19.0 Å². The summed E-state index contributed by atoms with van der Waals surface area (Å²) in [6.45, 7) is 1.95. The van der Waals surface area contributed by atoms with Crippen LogP contribution in [0.2, 0.25) is 0 Å². The molecule has 2 rings (SSSR count). The minimum Gasteiger partial charge on any atom is -0.497 e. The van der Waals surface area contributed by atoms with Crippen LogP contribution in [0.5, 0.6) is 17.2 Å². The van der Waals surface area contributed by atoms with Crippen LogP contribution in [0.1, 0.15) is 12.5 Å². The second-order valence-corrected chi connectivity index (χ2v) is 5.92. The molecule has 0 bridgehead atoms. The van der Waals surface area contributed by atoms with Gasteiger partial charge < -0.3 is 19.5 Å². The van der Waals surface area contributed by atoms with Gasteiger partial charge in [0.25, 0.3) is 5.91 Å². The van der Waals surface area contributed by atoms with E-state index in [1.54, 1.807) is 32.4 Å². The molecule has 128 valence electrons. The number of hydrogen-bond donors (Lipinski definition) is 1. The summed E-state index contributed by atoms with van der Waals surface area (Å²) in [4.78, 5) is 12.2. The molecule has 24 heavy (non-hydrogen) atoms. The van der Waals surface area contributed by atoms with Crippen molar-refractivity contribution in [1.29, 1.82) is 0 Å². The first-order chi connectivity index (χ1) is 11.6. The molecule has 1 N–H and O–H groups in total. The summed E-state index contributed by atoms with van der Waals surface area (Å²) in [7, 11) is 3.11. The van der Waals surface area contributed by atoms with E-state index in [9.17, 15) is 4.79 Å². The van der Waals surface area contributed by atoms with E-state index in [1.807, 2.05) is 25.1 Å². The zero-order valence-electron chi connectivity index (χ0n) is 13.9. The Kier molecular flexibility index (Phi) is 6.49. The van der Waals surface area contributed by atoms with Crippen LogP contribution >= 0.6 is 15.9 Å². The number of carbonyl (C=O) groups excluding carboxylic acids is 1. The van der Waals surface area contributed by atoms with Crippen LogP contribution in [0.4, 0.5) is 5.69 Å². The van der Waals surface area contributed by atoms with Crippen molar-refractivity contribution >= 4 is 27.5 Å². The topological polar surface area (TPSA) is 56.8 Å². The Morgan fingerprint density at radius 1 is 1.08 bits per heavy atom. The Bertz CT molecular complexity index is 718. The fraction of sp³-hybridized carbons (Fsp3) is 0.278. The molecular weight excluding hydrogens is 374 g/mol. The number of carbonyl (C=O) groups is 1. The van der Waals surface area contributed by atoms with Crippen molar-refractivity contribution in [3.8, 4) is 17.2 Å². The van der Waals surface area contributed by atoms with Crippen molar-refractivity contribution in [1.82, 2.24) is 0 Å². The fourth-order valence-electron chi connectivity index (χ4n) is 2.21. The Labute approximate surface area is 150 Å². The predicted octanol–water partition coefficient (Wildman–Crippen LogP) is 4.05. The zero-order chi connectivity index (χ0) is 17.5. The monoisotopic (exact) mass is 393 g/mol. The number of nitrogens with one attached hydrogen (secondary N) is 1. The molecule has 0 atom stereocenters. The molecule has 0 aliphatic carbocycles. The van der Waals surface area contributed by atoms with Gasteiger partial charge in [-0.2, -0.15) is 0 Å². The molecule has 0 aromatic heterocycles. The SMILES string of the molecule is CCc1cc(Br)ccc1OCC(=O)Nc1cc(OC)ccc1OC. The van der Waals surface area contributed by atoms with Gasteiger partial charge >= 0.3 is 0 Å². The standard InChI is InChI=1S/C18H20BrNO4/c1-4-12-9-13(19)5-7-16(12)24-11-18(21)20-15-10-14(22-2)6-8-17(15)23-3/h5-10H,4,11H2,1-3H3,(H,20,21). The highest BCUT2D eigenvalue weighted by Crippen LogP contribution is 2.29. The van der Waals surface area contributed by atoms with Gasteiger partial charge in [0.15, 0.2) is 6.61 Å². The largest absolute Gasteiger partial charge is 0.497 e. The molecule has 6 heteroatoms. The number of ether oxygens (including phenoxy) is 3. The second-order valence-electron chi connectivity index (χ2n) is 5.01. The summed E-state index contributed by atoms with van der Waals surface area (Å²) >= 11 is 3.43. The summed E-state index contributed by atoms with van der Waals surface area (Å²) in [5, 5.41) is 2.78. The quantitative estimate of drug-likeness (QED) is 0.770. The molecule has 0 radical (unpaired) electrons. The molecule has 0 heterocycles. The molecule has 0 unspecified atom stereocenters. The molecule has 0 aliphatic heterocycles. The van der Waals surface area contributed by atoms with E-state index in [2.05, 4.69) is 21.2 Å². The number of halogens is 1.